The zero-order chi connectivity index (χ0) is 15.2. The molecule has 0 unspecified atom stereocenters. The summed E-state index contributed by atoms with van der Waals surface area (Å²) in [5.41, 5.74) is 0.948. The fraction of sp³-hybridized carbons (Fsp3) is 0.500. The maximum absolute atomic E-state index is 13.2. The van der Waals surface area contributed by atoms with Crippen LogP contribution >= 0.6 is 0 Å². The first-order chi connectivity index (χ1) is 10.1. The van der Waals surface area contributed by atoms with Crippen LogP contribution in [-0.2, 0) is 11.3 Å². The molecule has 0 spiro atoms. The molecular weight excluding hydrogens is 271 g/mol. The first-order valence-corrected chi connectivity index (χ1v) is 7.22. The van der Waals surface area contributed by atoms with Gasteiger partial charge in [-0.15, -0.1) is 0 Å². The topological polar surface area (TPSA) is 73.1 Å². The fourth-order valence-corrected chi connectivity index (χ4v) is 2.80. The van der Waals surface area contributed by atoms with Crippen molar-refractivity contribution >= 4 is 5.97 Å². The van der Waals surface area contributed by atoms with Gasteiger partial charge in [0.15, 0.2) is 0 Å². The minimum atomic E-state index is -0.684. The summed E-state index contributed by atoms with van der Waals surface area (Å²) >= 11 is 0. The van der Waals surface area contributed by atoms with Gasteiger partial charge in [-0.1, -0.05) is 6.07 Å². The third kappa shape index (κ3) is 4.27. The summed E-state index contributed by atoms with van der Waals surface area (Å²) in [6.07, 6.45) is 3.35. The molecule has 112 valence electrons. The lowest BCUT2D eigenvalue weighted by atomic mass is 9.82. The van der Waals surface area contributed by atoms with Gasteiger partial charge in [0.1, 0.15) is 11.9 Å². The number of nitrogens with zero attached hydrogens (tertiary/aromatic N) is 1. The lowest BCUT2D eigenvalue weighted by molar-refractivity contribution is -0.143. The summed E-state index contributed by atoms with van der Waals surface area (Å²) in [7, 11) is 0. The quantitative estimate of drug-likeness (QED) is 0.874. The van der Waals surface area contributed by atoms with Gasteiger partial charge < -0.3 is 10.4 Å². The second-order valence-corrected chi connectivity index (χ2v) is 5.61. The summed E-state index contributed by atoms with van der Waals surface area (Å²) in [6, 6.07) is 6.38. The molecule has 0 aliphatic heterocycles. The Morgan fingerprint density at radius 2 is 2.10 bits per heavy atom. The van der Waals surface area contributed by atoms with Gasteiger partial charge >= 0.3 is 5.97 Å². The molecule has 0 atom stereocenters. The van der Waals surface area contributed by atoms with E-state index in [4.69, 9.17) is 10.4 Å². The Kier molecular flexibility index (Phi) is 5.29. The first kappa shape index (κ1) is 15.5. The number of carbonyl (C=O) groups is 1. The number of hydrogen-bond acceptors (Lipinski definition) is 3. The van der Waals surface area contributed by atoms with Crippen LogP contribution in [0, 0.1) is 29.0 Å². The van der Waals surface area contributed by atoms with Crippen molar-refractivity contribution in [1.82, 2.24) is 5.32 Å². The van der Waals surface area contributed by atoms with Gasteiger partial charge in [-0.3, -0.25) is 4.79 Å². The second-order valence-electron chi connectivity index (χ2n) is 5.61. The molecule has 0 saturated heterocycles. The number of rotatable bonds is 5. The third-order valence-electron chi connectivity index (χ3n) is 4.11. The van der Waals surface area contributed by atoms with E-state index in [1.807, 2.05) is 6.07 Å². The summed E-state index contributed by atoms with van der Waals surface area (Å²) < 4.78 is 13.2. The number of nitriles is 1. The molecule has 21 heavy (non-hydrogen) atoms. The third-order valence-corrected chi connectivity index (χ3v) is 4.11. The zero-order valence-electron chi connectivity index (χ0n) is 11.8. The van der Waals surface area contributed by atoms with Crippen molar-refractivity contribution in [2.45, 2.75) is 32.2 Å². The highest BCUT2D eigenvalue weighted by atomic mass is 19.1. The van der Waals surface area contributed by atoms with Gasteiger partial charge in [-0.2, -0.15) is 5.26 Å². The van der Waals surface area contributed by atoms with Crippen molar-refractivity contribution < 1.29 is 14.3 Å². The summed E-state index contributed by atoms with van der Waals surface area (Å²) in [6.45, 7) is 1.42. The molecule has 1 saturated carbocycles. The average Bonchev–Trinajstić information content (AvgIpc) is 2.49. The van der Waals surface area contributed by atoms with E-state index in [1.165, 1.54) is 6.07 Å². The Morgan fingerprint density at radius 3 is 2.71 bits per heavy atom. The lowest BCUT2D eigenvalue weighted by Gasteiger charge is -2.26. The Morgan fingerprint density at radius 1 is 1.38 bits per heavy atom. The van der Waals surface area contributed by atoms with Crippen molar-refractivity contribution in [3.05, 3.63) is 35.1 Å². The van der Waals surface area contributed by atoms with Crippen molar-refractivity contribution in [1.29, 1.82) is 5.26 Å². The van der Waals surface area contributed by atoms with Gasteiger partial charge in [0.05, 0.1) is 11.5 Å². The maximum Gasteiger partial charge on any atom is 0.306 e. The molecule has 1 aliphatic rings. The zero-order valence-corrected chi connectivity index (χ0v) is 11.8. The van der Waals surface area contributed by atoms with Crippen LogP contribution in [0.15, 0.2) is 18.2 Å². The van der Waals surface area contributed by atoms with Crippen LogP contribution in [0.4, 0.5) is 4.39 Å². The van der Waals surface area contributed by atoms with Crippen LogP contribution in [0.1, 0.15) is 36.8 Å². The lowest BCUT2D eigenvalue weighted by Crippen LogP contribution is -2.28. The molecule has 2 N–H and O–H groups in total. The molecule has 0 radical (unpaired) electrons. The largest absolute Gasteiger partial charge is 0.481 e. The highest BCUT2D eigenvalue weighted by molar-refractivity contribution is 5.69. The number of aliphatic carboxylic acids is 1. The van der Waals surface area contributed by atoms with Crippen molar-refractivity contribution in [3.8, 4) is 6.07 Å². The molecular formula is C16H19FN2O2. The van der Waals surface area contributed by atoms with Crippen LogP contribution < -0.4 is 5.32 Å². The van der Waals surface area contributed by atoms with E-state index >= 15 is 0 Å². The van der Waals surface area contributed by atoms with Crippen molar-refractivity contribution in [3.63, 3.8) is 0 Å². The molecule has 0 amide bonds. The predicted octanol–water partition coefficient (Wildman–Crippen LogP) is 2.68. The Hall–Kier alpha value is -1.93. The van der Waals surface area contributed by atoms with Crippen LogP contribution in [0.5, 0.6) is 0 Å². The molecule has 5 heteroatoms. The highest BCUT2D eigenvalue weighted by Crippen LogP contribution is 2.28. The normalized spacial score (nSPS) is 21.7. The maximum atomic E-state index is 13.2. The van der Waals surface area contributed by atoms with E-state index in [0.717, 1.165) is 37.8 Å². The van der Waals surface area contributed by atoms with Gasteiger partial charge in [0, 0.05) is 6.54 Å². The van der Waals surface area contributed by atoms with E-state index in [0.29, 0.717) is 12.5 Å². The van der Waals surface area contributed by atoms with E-state index in [9.17, 15) is 9.18 Å². The SMILES string of the molecule is N#Cc1cc(CNCC2CCC(C(=O)O)CC2)ccc1F. The monoisotopic (exact) mass is 290 g/mol. The van der Waals surface area contributed by atoms with Crippen LogP contribution in [0.25, 0.3) is 0 Å². The van der Waals surface area contributed by atoms with Crippen molar-refractivity contribution in [2.24, 2.45) is 11.8 Å². The van der Waals surface area contributed by atoms with Crippen molar-refractivity contribution in [2.75, 3.05) is 6.54 Å². The predicted molar refractivity (Wildman–Crippen MR) is 75.9 cm³/mol. The fourth-order valence-electron chi connectivity index (χ4n) is 2.80. The molecule has 2 rings (SSSR count). The number of carboxylic acids is 1. The second kappa shape index (κ2) is 7.19. The molecule has 0 aromatic heterocycles. The summed E-state index contributed by atoms with van der Waals surface area (Å²) in [5, 5.41) is 21.0. The van der Waals surface area contributed by atoms with Crippen LogP contribution in [0.3, 0.4) is 0 Å². The molecule has 0 heterocycles. The molecule has 1 fully saturated rings. The number of benzene rings is 1. The van der Waals surface area contributed by atoms with Crippen LogP contribution in [0.2, 0.25) is 0 Å². The van der Waals surface area contributed by atoms with E-state index < -0.39 is 11.8 Å². The Balaban J connectivity index is 1.75. The average molecular weight is 290 g/mol. The molecule has 0 bridgehead atoms. The number of halogens is 1. The van der Waals surface area contributed by atoms with E-state index in [-0.39, 0.29) is 11.5 Å². The Labute approximate surface area is 123 Å². The molecule has 4 nitrogen and oxygen atoms in total. The smallest absolute Gasteiger partial charge is 0.306 e. The minimum Gasteiger partial charge on any atom is -0.481 e. The molecule has 1 aliphatic carbocycles. The number of hydrogen-bond donors (Lipinski definition) is 2. The molecule has 1 aromatic carbocycles. The summed E-state index contributed by atoms with van der Waals surface area (Å²) in [5.74, 6) is -0.863. The highest BCUT2D eigenvalue weighted by Gasteiger charge is 2.25. The van der Waals surface area contributed by atoms with E-state index in [1.54, 1.807) is 12.1 Å². The van der Waals surface area contributed by atoms with Gasteiger partial charge in [-0.05, 0) is 55.8 Å². The van der Waals surface area contributed by atoms with E-state index in [2.05, 4.69) is 5.32 Å². The minimum absolute atomic E-state index is 0.0660. The Bertz CT molecular complexity index is 546. The van der Waals surface area contributed by atoms with Gasteiger partial charge in [0.2, 0.25) is 0 Å². The number of nitrogens with one attached hydrogen (secondary N) is 1. The first-order valence-electron chi connectivity index (χ1n) is 7.22. The van der Waals surface area contributed by atoms with Gasteiger partial charge in [-0.25, -0.2) is 4.39 Å². The molecule has 1 aromatic rings. The summed E-state index contributed by atoms with van der Waals surface area (Å²) in [4.78, 5) is 10.9. The van der Waals surface area contributed by atoms with Gasteiger partial charge in [0.25, 0.3) is 0 Å². The number of carboxylic acid groups (broad SMARTS) is 1. The standard InChI is InChI=1S/C16H19FN2O2/c17-15-6-3-12(7-14(15)8-18)10-19-9-11-1-4-13(5-2-11)16(20)21/h3,6-7,11,13,19H,1-2,4-5,9-10H2,(H,20,21). The van der Waals surface area contributed by atoms with Crippen LogP contribution in [-0.4, -0.2) is 17.6 Å².